The lowest BCUT2D eigenvalue weighted by Crippen LogP contribution is -2.51. The van der Waals surface area contributed by atoms with Crippen molar-refractivity contribution in [2.24, 2.45) is 4.99 Å². The number of amides is 3. The predicted octanol–water partition coefficient (Wildman–Crippen LogP) is 2.29. The molecule has 38 heavy (non-hydrogen) atoms. The highest BCUT2D eigenvalue weighted by atomic mass is 16.2. The van der Waals surface area contributed by atoms with Crippen LogP contribution in [0.4, 0.5) is 5.69 Å². The second-order valence-electron chi connectivity index (χ2n) is 8.74. The van der Waals surface area contributed by atoms with Crippen LogP contribution < -0.4 is 15.5 Å². The fourth-order valence-corrected chi connectivity index (χ4v) is 4.15. The molecule has 0 spiro atoms. The number of anilines is 1. The average Bonchev–Trinajstić information content (AvgIpc) is 3.04. The number of nitrogens with zero attached hydrogens (tertiary/aromatic N) is 2. The van der Waals surface area contributed by atoms with Crippen molar-refractivity contribution in [3.63, 3.8) is 0 Å². The molecule has 3 aromatic rings. The Kier molecular flexibility index (Phi) is 8.17. The van der Waals surface area contributed by atoms with Crippen molar-refractivity contribution in [1.82, 2.24) is 10.6 Å². The first-order valence-corrected chi connectivity index (χ1v) is 12.0. The summed E-state index contributed by atoms with van der Waals surface area (Å²) < 4.78 is 0. The van der Waals surface area contributed by atoms with Gasteiger partial charge in [-0.05, 0) is 25.1 Å². The van der Waals surface area contributed by atoms with Crippen LogP contribution in [-0.4, -0.2) is 54.3 Å². The highest BCUT2D eigenvalue weighted by molar-refractivity contribution is 6.21. The lowest BCUT2D eigenvalue weighted by molar-refractivity contribution is -0.126. The van der Waals surface area contributed by atoms with Gasteiger partial charge < -0.3 is 15.4 Å². The number of hydrogen-bond acceptors (Lipinski definition) is 6. The number of benzene rings is 3. The van der Waals surface area contributed by atoms with E-state index in [1.54, 1.807) is 54.6 Å². The van der Waals surface area contributed by atoms with Crippen LogP contribution in [-0.2, 0) is 19.2 Å². The zero-order chi connectivity index (χ0) is 27.1. The second-order valence-corrected chi connectivity index (χ2v) is 8.74. The molecule has 3 aromatic carbocycles. The van der Waals surface area contributed by atoms with E-state index in [9.17, 15) is 24.0 Å². The molecule has 0 radical (unpaired) electrons. The molecule has 1 aliphatic heterocycles. The van der Waals surface area contributed by atoms with E-state index in [-0.39, 0.29) is 12.2 Å². The van der Waals surface area contributed by atoms with Gasteiger partial charge in [-0.1, -0.05) is 66.7 Å². The molecule has 0 saturated carbocycles. The van der Waals surface area contributed by atoms with Crippen molar-refractivity contribution in [3.8, 4) is 0 Å². The Morgan fingerprint density at radius 1 is 0.947 bits per heavy atom. The maximum absolute atomic E-state index is 13.8. The van der Waals surface area contributed by atoms with Gasteiger partial charge in [0.1, 0.15) is 18.6 Å². The molecule has 2 N–H and O–H groups in total. The Morgan fingerprint density at radius 3 is 2.24 bits per heavy atom. The van der Waals surface area contributed by atoms with Crippen LogP contribution in [0.25, 0.3) is 0 Å². The van der Waals surface area contributed by atoms with Gasteiger partial charge in [-0.3, -0.25) is 24.1 Å². The Morgan fingerprint density at radius 2 is 1.58 bits per heavy atom. The van der Waals surface area contributed by atoms with E-state index in [2.05, 4.69) is 15.6 Å². The quantitative estimate of drug-likeness (QED) is 0.428. The first-order chi connectivity index (χ1) is 18.4. The Balaban J connectivity index is 1.73. The van der Waals surface area contributed by atoms with E-state index in [1.165, 1.54) is 11.8 Å². The molecule has 1 aliphatic rings. The zero-order valence-corrected chi connectivity index (χ0v) is 20.7. The smallest absolute Gasteiger partial charge is 0.272 e. The van der Waals surface area contributed by atoms with Gasteiger partial charge in [-0.2, -0.15) is 0 Å². The predicted molar refractivity (Wildman–Crippen MR) is 142 cm³/mol. The molecule has 2 atom stereocenters. The third kappa shape index (κ3) is 6.07. The first kappa shape index (κ1) is 26.2. The molecule has 9 heteroatoms. The number of ketones is 1. The number of benzodiazepines with no additional fused rings is 1. The summed E-state index contributed by atoms with van der Waals surface area (Å²) in [4.78, 5) is 68.5. The number of carbonyl (C=O) groups is 5. The minimum absolute atomic E-state index is 0.156. The summed E-state index contributed by atoms with van der Waals surface area (Å²) in [6.45, 7) is 0.868. The van der Waals surface area contributed by atoms with E-state index >= 15 is 0 Å². The fraction of sp³-hybridized carbons (Fsp3) is 0.172. The SMILES string of the molecule is CC(=O)C[C@@H](C=O)NC(=O)CN1C(=O)C(NC(=O)c2ccccc2)N=C(c2ccccc2)c2ccccc21. The lowest BCUT2D eigenvalue weighted by Gasteiger charge is -2.25. The van der Waals surface area contributed by atoms with Gasteiger partial charge in [0.15, 0.2) is 0 Å². The fourth-order valence-electron chi connectivity index (χ4n) is 4.15. The average molecular weight is 511 g/mol. The Labute approximate surface area is 219 Å². The molecule has 3 amide bonds. The summed E-state index contributed by atoms with van der Waals surface area (Å²) in [6, 6.07) is 23.6. The van der Waals surface area contributed by atoms with Gasteiger partial charge in [-0.25, -0.2) is 4.99 Å². The van der Waals surface area contributed by atoms with E-state index in [0.29, 0.717) is 28.8 Å². The first-order valence-electron chi connectivity index (χ1n) is 12.0. The minimum Gasteiger partial charge on any atom is -0.345 e. The van der Waals surface area contributed by atoms with Crippen molar-refractivity contribution < 1.29 is 24.0 Å². The molecule has 1 heterocycles. The van der Waals surface area contributed by atoms with Crippen LogP contribution >= 0.6 is 0 Å². The van der Waals surface area contributed by atoms with Crippen molar-refractivity contribution in [2.75, 3.05) is 11.4 Å². The zero-order valence-electron chi connectivity index (χ0n) is 20.7. The van der Waals surface area contributed by atoms with Crippen LogP contribution in [0.3, 0.4) is 0 Å². The minimum atomic E-state index is -1.34. The van der Waals surface area contributed by atoms with Crippen LogP contribution in [0.15, 0.2) is 89.9 Å². The standard InChI is InChI=1S/C29H26N4O5/c1-19(35)16-22(18-34)30-25(36)17-33-24-15-9-8-14-23(24)26(20-10-4-2-5-11-20)31-27(29(33)38)32-28(37)21-12-6-3-7-13-21/h2-15,18,22,27H,16-17H2,1H3,(H,30,36)(H,32,37)/t22-,27?/m0/s1. The number of carbonyl (C=O) groups excluding carboxylic acids is 5. The maximum atomic E-state index is 13.8. The van der Waals surface area contributed by atoms with Crippen molar-refractivity contribution in [1.29, 1.82) is 0 Å². The number of nitrogens with one attached hydrogen (secondary N) is 2. The van der Waals surface area contributed by atoms with Gasteiger partial charge in [0.05, 0.1) is 17.4 Å². The third-order valence-electron chi connectivity index (χ3n) is 5.88. The molecular formula is C29H26N4O5. The molecule has 0 saturated heterocycles. The van der Waals surface area contributed by atoms with E-state index in [0.717, 1.165) is 5.56 Å². The largest absolute Gasteiger partial charge is 0.345 e. The summed E-state index contributed by atoms with van der Waals surface area (Å²) in [7, 11) is 0. The number of para-hydroxylation sites is 1. The third-order valence-corrected chi connectivity index (χ3v) is 5.88. The van der Waals surface area contributed by atoms with E-state index < -0.39 is 36.5 Å². The van der Waals surface area contributed by atoms with Gasteiger partial charge >= 0.3 is 0 Å². The van der Waals surface area contributed by atoms with Crippen molar-refractivity contribution in [2.45, 2.75) is 25.6 Å². The van der Waals surface area contributed by atoms with Gasteiger partial charge in [-0.15, -0.1) is 0 Å². The number of aliphatic imine (C=N–C) groups is 1. The molecular weight excluding hydrogens is 484 g/mol. The van der Waals surface area contributed by atoms with Crippen LogP contribution in [0.5, 0.6) is 0 Å². The normalized spacial score (nSPS) is 15.4. The van der Waals surface area contributed by atoms with Gasteiger partial charge in [0.2, 0.25) is 12.1 Å². The summed E-state index contributed by atoms with van der Waals surface area (Å²) in [5, 5.41) is 5.19. The highest BCUT2D eigenvalue weighted by Crippen LogP contribution is 2.28. The van der Waals surface area contributed by atoms with Gasteiger partial charge in [0, 0.05) is 23.1 Å². The van der Waals surface area contributed by atoms with Crippen molar-refractivity contribution in [3.05, 3.63) is 102 Å². The molecule has 192 valence electrons. The number of rotatable bonds is 9. The summed E-state index contributed by atoms with van der Waals surface area (Å²) in [6.07, 6.45) is -1.01. The Bertz CT molecular complexity index is 1390. The monoisotopic (exact) mass is 510 g/mol. The summed E-state index contributed by atoms with van der Waals surface area (Å²) in [5.74, 6) is -2.03. The molecule has 4 rings (SSSR count). The topological polar surface area (TPSA) is 125 Å². The molecule has 0 fully saturated rings. The molecule has 9 nitrogen and oxygen atoms in total. The molecule has 0 aromatic heterocycles. The van der Waals surface area contributed by atoms with Crippen LogP contribution in [0.1, 0.15) is 34.8 Å². The maximum Gasteiger partial charge on any atom is 0.272 e. The Hall–Kier alpha value is -4.92. The van der Waals surface area contributed by atoms with E-state index in [1.807, 2.05) is 30.3 Å². The summed E-state index contributed by atoms with van der Waals surface area (Å²) >= 11 is 0. The summed E-state index contributed by atoms with van der Waals surface area (Å²) in [5.41, 5.74) is 2.55. The number of hydrogen-bond donors (Lipinski definition) is 2. The van der Waals surface area contributed by atoms with Gasteiger partial charge in [0.25, 0.3) is 11.8 Å². The lowest BCUT2D eigenvalue weighted by atomic mass is 10.0. The number of Topliss-reactive ketones (excluding diaryl/α,β-unsaturated/α-hetero) is 1. The molecule has 0 bridgehead atoms. The van der Waals surface area contributed by atoms with E-state index in [4.69, 9.17) is 0 Å². The number of fused-ring (bicyclic) bond motifs is 1. The number of aldehydes is 1. The second kappa shape index (κ2) is 11.9. The van der Waals surface area contributed by atoms with Crippen LogP contribution in [0, 0.1) is 0 Å². The molecule has 1 unspecified atom stereocenters. The van der Waals surface area contributed by atoms with Crippen LogP contribution in [0.2, 0.25) is 0 Å². The highest BCUT2D eigenvalue weighted by Gasteiger charge is 2.34. The molecule has 0 aliphatic carbocycles. The van der Waals surface area contributed by atoms with Crippen molar-refractivity contribution >= 4 is 41.2 Å².